The summed E-state index contributed by atoms with van der Waals surface area (Å²) in [4.78, 5) is 2.64. The van der Waals surface area contributed by atoms with E-state index in [1.807, 2.05) is 0 Å². The first-order chi connectivity index (χ1) is 7.13. The molecule has 1 aliphatic rings. The molecule has 0 amide bonds. The van der Waals surface area contributed by atoms with Crippen LogP contribution in [0.5, 0.6) is 0 Å². The van der Waals surface area contributed by atoms with Gasteiger partial charge in [0.2, 0.25) is 0 Å². The van der Waals surface area contributed by atoms with Gasteiger partial charge < -0.3 is 5.73 Å². The lowest BCUT2D eigenvalue weighted by molar-refractivity contribution is 0.165. The van der Waals surface area contributed by atoms with Gasteiger partial charge in [0.25, 0.3) is 0 Å². The second-order valence-electron chi connectivity index (χ2n) is 5.45. The molecule has 1 atom stereocenters. The topological polar surface area (TPSA) is 29.3 Å². The quantitative estimate of drug-likeness (QED) is 0.733. The summed E-state index contributed by atoms with van der Waals surface area (Å²) in [6, 6.07) is 1.19. The fourth-order valence-electron chi connectivity index (χ4n) is 2.54. The molecular weight excluding hydrogens is 184 g/mol. The Hall–Kier alpha value is -0.0800. The molecule has 1 unspecified atom stereocenters. The maximum Gasteiger partial charge on any atom is 0.0165 e. The first kappa shape index (κ1) is 13.0. The molecular formula is C13H28N2. The molecule has 0 aromatic heterocycles. The molecule has 0 bridgehead atoms. The van der Waals surface area contributed by atoms with Crippen LogP contribution in [-0.4, -0.2) is 30.1 Å². The summed E-state index contributed by atoms with van der Waals surface area (Å²) >= 11 is 0. The fraction of sp³-hybridized carbons (Fsp3) is 1.00. The highest BCUT2D eigenvalue weighted by atomic mass is 15.2. The molecule has 0 aromatic rings. The predicted octanol–water partition coefficient (Wildman–Crippen LogP) is 2.62. The van der Waals surface area contributed by atoms with Crippen LogP contribution in [0.25, 0.3) is 0 Å². The van der Waals surface area contributed by atoms with Crippen LogP contribution >= 0.6 is 0 Å². The summed E-state index contributed by atoms with van der Waals surface area (Å²) in [5.41, 5.74) is 6.08. The molecule has 2 heteroatoms. The highest BCUT2D eigenvalue weighted by Gasteiger charge is 2.23. The molecule has 0 aliphatic heterocycles. The molecule has 2 nitrogen and oxygen atoms in total. The Morgan fingerprint density at radius 1 is 1.20 bits per heavy atom. The molecule has 1 saturated carbocycles. The van der Waals surface area contributed by atoms with Crippen molar-refractivity contribution >= 4 is 0 Å². The average Bonchev–Trinajstić information content (AvgIpc) is 2.68. The monoisotopic (exact) mass is 212 g/mol. The van der Waals surface area contributed by atoms with Crippen molar-refractivity contribution in [2.24, 2.45) is 11.7 Å². The van der Waals surface area contributed by atoms with Crippen molar-refractivity contribution in [2.75, 3.05) is 13.1 Å². The van der Waals surface area contributed by atoms with Gasteiger partial charge in [-0.05, 0) is 25.2 Å². The lowest BCUT2D eigenvalue weighted by Gasteiger charge is -2.32. The van der Waals surface area contributed by atoms with Crippen LogP contribution in [0.4, 0.5) is 0 Å². The zero-order chi connectivity index (χ0) is 11.3. The van der Waals surface area contributed by atoms with Gasteiger partial charge in [-0.15, -0.1) is 0 Å². The Morgan fingerprint density at radius 3 is 2.27 bits per heavy atom. The average molecular weight is 212 g/mol. The second-order valence-corrected chi connectivity index (χ2v) is 5.45. The number of nitrogens with zero attached hydrogens (tertiary/aromatic N) is 1. The summed E-state index contributed by atoms with van der Waals surface area (Å²) in [6.45, 7) is 9.11. The van der Waals surface area contributed by atoms with E-state index in [9.17, 15) is 0 Å². The Balaban J connectivity index is 2.43. The molecule has 0 saturated heterocycles. The molecule has 0 spiro atoms. The molecule has 0 heterocycles. The first-order valence-electron chi connectivity index (χ1n) is 6.63. The first-order valence-corrected chi connectivity index (χ1v) is 6.63. The maximum atomic E-state index is 6.08. The van der Waals surface area contributed by atoms with Crippen molar-refractivity contribution in [3.05, 3.63) is 0 Å². The molecule has 2 N–H and O–H groups in total. The van der Waals surface area contributed by atoms with Gasteiger partial charge in [-0.25, -0.2) is 0 Å². The standard InChI is InChI=1S/C13H28N2/c1-4-12(14)10-15(9-11(2)3)13-7-5-6-8-13/h11-13H,4-10,14H2,1-3H3. The van der Waals surface area contributed by atoms with Crippen molar-refractivity contribution < 1.29 is 0 Å². The molecule has 90 valence electrons. The van der Waals surface area contributed by atoms with E-state index in [4.69, 9.17) is 5.73 Å². The normalized spacial score (nSPS) is 20.4. The predicted molar refractivity (Wildman–Crippen MR) is 66.9 cm³/mol. The lowest BCUT2D eigenvalue weighted by Crippen LogP contribution is -2.44. The fourth-order valence-corrected chi connectivity index (χ4v) is 2.54. The van der Waals surface area contributed by atoms with E-state index in [1.165, 1.54) is 32.2 Å². The third kappa shape index (κ3) is 4.52. The van der Waals surface area contributed by atoms with Crippen molar-refractivity contribution in [2.45, 2.75) is 65.0 Å². The van der Waals surface area contributed by atoms with Crippen molar-refractivity contribution in [1.29, 1.82) is 0 Å². The van der Waals surface area contributed by atoms with Crippen LogP contribution in [0.3, 0.4) is 0 Å². The summed E-state index contributed by atoms with van der Waals surface area (Å²) < 4.78 is 0. The van der Waals surface area contributed by atoms with Crippen LogP contribution in [0.1, 0.15) is 52.9 Å². The summed E-state index contributed by atoms with van der Waals surface area (Å²) in [6.07, 6.45) is 6.72. The minimum atomic E-state index is 0.365. The number of nitrogens with two attached hydrogens (primary N) is 1. The Bertz CT molecular complexity index is 162. The van der Waals surface area contributed by atoms with E-state index in [0.717, 1.165) is 24.9 Å². The minimum absolute atomic E-state index is 0.365. The zero-order valence-electron chi connectivity index (χ0n) is 10.7. The van der Waals surface area contributed by atoms with Crippen LogP contribution in [-0.2, 0) is 0 Å². The van der Waals surface area contributed by atoms with E-state index in [-0.39, 0.29) is 0 Å². The molecule has 1 aliphatic carbocycles. The summed E-state index contributed by atoms with van der Waals surface area (Å²) in [5, 5.41) is 0. The Labute approximate surface area is 95.2 Å². The van der Waals surface area contributed by atoms with Crippen molar-refractivity contribution in [3.8, 4) is 0 Å². The minimum Gasteiger partial charge on any atom is -0.327 e. The van der Waals surface area contributed by atoms with E-state index < -0.39 is 0 Å². The number of hydrogen-bond donors (Lipinski definition) is 1. The lowest BCUT2D eigenvalue weighted by atomic mass is 10.1. The van der Waals surface area contributed by atoms with Crippen LogP contribution in [0, 0.1) is 5.92 Å². The van der Waals surface area contributed by atoms with Gasteiger partial charge in [-0.1, -0.05) is 33.6 Å². The second kappa shape index (κ2) is 6.49. The van der Waals surface area contributed by atoms with E-state index >= 15 is 0 Å². The van der Waals surface area contributed by atoms with Gasteiger partial charge in [-0.3, -0.25) is 4.90 Å². The van der Waals surface area contributed by atoms with Gasteiger partial charge >= 0.3 is 0 Å². The van der Waals surface area contributed by atoms with Gasteiger partial charge in [0, 0.05) is 25.2 Å². The third-order valence-electron chi connectivity index (χ3n) is 3.43. The molecule has 15 heavy (non-hydrogen) atoms. The number of rotatable bonds is 6. The number of hydrogen-bond acceptors (Lipinski definition) is 2. The smallest absolute Gasteiger partial charge is 0.0165 e. The SMILES string of the molecule is CCC(N)CN(CC(C)C)C1CCCC1. The highest BCUT2D eigenvalue weighted by Crippen LogP contribution is 2.24. The molecule has 1 fully saturated rings. The Kier molecular flexibility index (Phi) is 5.62. The zero-order valence-corrected chi connectivity index (χ0v) is 10.7. The molecule has 1 rings (SSSR count). The van der Waals surface area contributed by atoms with Gasteiger partial charge in [0.15, 0.2) is 0 Å². The van der Waals surface area contributed by atoms with E-state index in [2.05, 4.69) is 25.7 Å². The summed E-state index contributed by atoms with van der Waals surface area (Å²) in [5.74, 6) is 0.759. The van der Waals surface area contributed by atoms with Gasteiger partial charge in [0.1, 0.15) is 0 Å². The van der Waals surface area contributed by atoms with Crippen LogP contribution < -0.4 is 5.73 Å². The highest BCUT2D eigenvalue weighted by molar-refractivity contribution is 4.80. The largest absolute Gasteiger partial charge is 0.327 e. The van der Waals surface area contributed by atoms with Gasteiger partial charge in [0.05, 0.1) is 0 Å². The summed E-state index contributed by atoms with van der Waals surface area (Å²) in [7, 11) is 0. The molecule has 0 radical (unpaired) electrons. The van der Waals surface area contributed by atoms with E-state index in [1.54, 1.807) is 0 Å². The van der Waals surface area contributed by atoms with Crippen LogP contribution in [0.2, 0.25) is 0 Å². The Morgan fingerprint density at radius 2 is 1.80 bits per heavy atom. The third-order valence-corrected chi connectivity index (χ3v) is 3.43. The maximum absolute atomic E-state index is 6.08. The van der Waals surface area contributed by atoms with Gasteiger partial charge in [-0.2, -0.15) is 0 Å². The van der Waals surface area contributed by atoms with Crippen molar-refractivity contribution in [3.63, 3.8) is 0 Å². The van der Waals surface area contributed by atoms with Crippen LogP contribution in [0.15, 0.2) is 0 Å². The molecule has 0 aromatic carbocycles. The van der Waals surface area contributed by atoms with Crippen molar-refractivity contribution in [1.82, 2.24) is 4.90 Å². The van der Waals surface area contributed by atoms with E-state index in [0.29, 0.717) is 6.04 Å².